The van der Waals surface area contributed by atoms with Gasteiger partial charge in [0.25, 0.3) is 0 Å². The Balaban J connectivity index is 2.07. The molecule has 0 aliphatic carbocycles. The highest BCUT2D eigenvalue weighted by molar-refractivity contribution is 6.35. The lowest BCUT2D eigenvalue weighted by Gasteiger charge is -2.07. The molecule has 0 unspecified atom stereocenters. The number of hydrogen-bond donors (Lipinski definition) is 3. The Morgan fingerprint density at radius 3 is 2.32 bits per heavy atom. The highest BCUT2D eigenvalue weighted by atomic mass is 16.5. The van der Waals surface area contributed by atoms with Crippen LogP contribution in [0.25, 0.3) is 0 Å². The van der Waals surface area contributed by atoms with Crippen molar-refractivity contribution in [2.45, 2.75) is 6.42 Å². The molecule has 6 nitrogen and oxygen atoms in total. The summed E-state index contributed by atoms with van der Waals surface area (Å²) in [6.07, 6.45) is 0.630. The minimum absolute atomic E-state index is 0.295. The molecule has 0 saturated carbocycles. The number of nitrogens with one attached hydrogen (secondary N) is 2. The normalized spacial score (nSPS) is 9.74. The van der Waals surface area contributed by atoms with Crippen molar-refractivity contribution in [1.82, 2.24) is 10.6 Å². The Labute approximate surface area is 112 Å². The van der Waals surface area contributed by atoms with E-state index in [4.69, 9.17) is 10.5 Å². The number of hydrogen-bond acceptors (Lipinski definition) is 4. The Morgan fingerprint density at radius 1 is 1.05 bits per heavy atom. The average molecular weight is 265 g/mol. The van der Waals surface area contributed by atoms with Crippen molar-refractivity contribution >= 4 is 11.8 Å². The van der Waals surface area contributed by atoms with E-state index in [1.807, 2.05) is 30.3 Å². The summed E-state index contributed by atoms with van der Waals surface area (Å²) in [4.78, 5) is 22.5. The lowest BCUT2D eigenvalue weighted by molar-refractivity contribution is -0.139. The first-order valence-corrected chi connectivity index (χ1v) is 6.18. The lowest BCUT2D eigenvalue weighted by atomic mass is 10.3. The first-order valence-electron chi connectivity index (χ1n) is 6.18. The second-order valence-electron chi connectivity index (χ2n) is 3.82. The van der Waals surface area contributed by atoms with Crippen LogP contribution in [0.3, 0.4) is 0 Å². The van der Waals surface area contributed by atoms with Gasteiger partial charge in [-0.2, -0.15) is 0 Å². The second-order valence-corrected chi connectivity index (χ2v) is 3.82. The van der Waals surface area contributed by atoms with E-state index in [1.165, 1.54) is 0 Å². The summed E-state index contributed by atoms with van der Waals surface area (Å²) in [5.41, 5.74) is 5.21. The Morgan fingerprint density at radius 2 is 1.68 bits per heavy atom. The maximum atomic E-state index is 11.3. The van der Waals surface area contributed by atoms with Gasteiger partial charge in [-0.15, -0.1) is 0 Å². The molecular weight excluding hydrogens is 246 g/mol. The molecule has 0 radical (unpaired) electrons. The van der Waals surface area contributed by atoms with Crippen molar-refractivity contribution in [1.29, 1.82) is 0 Å². The maximum Gasteiger partial charge on any atom is 0.309 e. The first kappa shape index (κ1) is 15.0. The summed E-state index contributed by atoms with van der Waals surface area (Å²) < 4.78 is 5.44. The summed E-state index contributed by atoms with van der Waals surface area (Å²) >= 11 is 0. The molecule has 0 saturated heterocycles. The van der Waals surface area contributed by atoms with Crippen molar-refractivity contribution in [3.05, 3.63) is 30.3 Å². The number of amides is 2. The predicted molar refractivity (Wildman–Crippen MR) is 71.6 cm³/mol. The molecule has 0 fully saturated rings. The Bertz CT molecular complexity index is 395. The van der Waals surface area contributed by atoms with Gasteiger partial charge in [0.05, 0.1) is 6.61 Å². The van der Waals surface area contributed by atoms with Crippen LogP contribution in [0.5, 0.6) is 5.75 Å². The van der Waals surface area contributed by atoms with Crippen LogP contribution >= 0.6 is 0 Å². The second kappa shape index (κ2) is 8.93. The van der Waals surface area contributed by atoms with Crippen LogP contribution in [0.15, 0.2) is 30.3 Å². The van der Waals surface area contributed by atoms with E-state index in [-0.39, 0.29) is 0 Å². The molecule has 0 aliphatic rings. The van der Waals surface area contributed by atoms with Crippen molar-refractivity contribution in [3.8, 4) is 5.75 Å². The van der Waals surface area contributed by atoms with Gasteiger partial charge in [-0.1, -0.05) is 18.2 Å². The molecule has 0 heterocycles. The number of para-hydroxylation sites is 1. The highest BCUT2D eigenvalue weighted by Crippen LogP contribution is 2.07. The largest absolute Gasteiger partial charge is 0.494 e. The van der Waals surface area contributed by atoms with Crippen LogP contribution in [0.1, 0.15) is 6.42 Å². The molecule has 0 aromatic heterocycles. The number of carbonyl (C=O) groups excluding carboxylic acids is 2. The van der Waals surface area contributed by atoms with Crippen molar-refractivity contribution in [2.24, 2.45) is 5.73 Å². The lowest BCUT2D eigenvalue weighted by Crippen LogP contribution is -2.42. The van der Waals surface area contributed by atoms with Crippen LogP contribution in [0.4, 0.5) is 0 Å². The number of benzene rings is 1. The van der Waals surface area contributed by atoms with Crippen molar-refractivity contribution < 1.29 is 14.3 Å². The molecule has 1 aromatic rings. The van der Waals surface area contributed by atoms with E-state index in [1.54, 1.807) is 0 Å². The van der Waals surface area contributed by atoms with Gasteiger partial charge in [-0.3, -0.25) is 9.59 Å². The zero-order valence-electron chi connectivity index (χ0n) is 10.7. The van der Waals surface area contributed by atoms with Crippen molar-refractivity contribution in [3.63, 3.8) is 0 Å². The van der Waals surface area contributed by atoms with Crippen LogP contribution in [0.2, 0.25) is 0 Å². The fourth-order valence-electron chi connectivity index (χ4n) is 1.33. The van der Waals surface area contributed by atoms with E-state index < -0.39 is 11.8 Å². The molecule has 1 aromatic carbocycles. The minimum atomic E-state index is -0.658. The molecule has 19 heavy (non-hydrogen) atoms. The summed E-state index contributed by atoms with van der Waals surface area (Å²) in [5, 5.41) is 4.90. The number of carbonyl (C=O) groups is 2. The standard InChI is InChI=1S/C13H19N3O3/c14-7-9-16-13(18)12(17)15-8-4-10-19-11-5-2-1-3-6-11/h1-3,5-6H,4,7-10,14H2,(H,15,17)(H,16,18). The summed E-state index contributed by atoms with van der Waals surface area (Å²) in [7, 11) is 0. The summed E-state index contributed by atoms with van der Waals surface area (Å²) in [6, 6.07) is 9.41. The molecule has 104 valence electrons. The zero-order valence-corrected chi connectivity index (χ0v) is 10.7. The number of nitrogens with two attached hydrogens (primary N) is 1. The third-order valence-corrected chi connectivity index (χ3v) is 2.25. The topological polar surface area (TPSA) is 93.5 Å². The smallest absolute Gasteiger partial charge is 0.309 e. The number of rotatable bonds is 7. The van der Waals surface area contributed by atoms with Crippen molar-refractivity contribution in [2.75, 3.05) is 26.2 Å². The Hall–Kier alpha value is -2.08. The van der Waals surface area contributed by atoms with Crippen LogP contribution < -0.4 is 21.1 Å². The maximum absolute atomic E-state index is 11.3. The van der Waals surface area contributed by atoms with E-state index >= 15 is 0 Å². The van der Waals surface area contributed by atoms with Gasteiger partial charge in [0.1, 0.15) is 5.75 Å². The van der Waals surface area contributed by atoms with Crippen LogP contribution in [-0.2, 0) is 9.59 Å². The fraction of sp³-hybridized carbons (Fsp3) is 0.385. The molecule has 0 spiro atoms. The third-order valence-electron chi connectivity index (χ3n) is 2.25. The van der Waals surface area contributed by atoms with E-state index in [2.05, 4.69) is 10.6 Å². The monoisotopic (exact) mass is 265 g/mol. The predicted octanol–water partition coefficient (Wildman–Crippen LogP) is -0.353. The quantitative estimate of drug-likeness (QED) is 0.464. The van der Waals surface area contributed by atoms with Gasteiger partial charge in [0.2, 0.25) is 0 Å². The third kappa shape index (κ3) is 6.42. The molecule has 0 bridgehead atoms. The van der Waals surface area contributed by atoms with Gasteiger partial charge in [-0.05, 0) is 18.6 Å². The van der Waals surface area contributed by atoms with Crippen LogP contribution in [0, 0.1) is 0 Å². The SMILES string of the molecule is NCCNC(=O)C(=O)NCCCOc1ccccc1. The molecular formula is C13H19N3O3. The minimum Gasteiger partial charge on any atom is -0.494 e. The average Bonchev–Trinajstić information content (AvgIpc) is 2.45. The van der Waals surface area contributed by atoms with Gasteiger partial charge in [0.15, 0.2) is 0 Å². The van der Waals surface area contributed by atoms with Gasteiger partial charge >= 0.3 is 11.8 Å². The molecule has 0 aliphatic heterocycles. The molecule has 0 atom stereocenters. The van der Waals surface area contributed by atoms with E-state index in [0.29, 0.717) is 32.7 Å². The number of ether oxygens (including phenoxy) is 1. The Kier molecular flexibility index (Phi) is 7.04. The first-order chi connectivity index (χ1) is 9.24. The van der Waals surface area contributed by atoms with Gasteiger partial charge in [-0.25, -0.2) is 0 Å². The highest BCUT2D eigenvalue weighted by Gasteiger charge is 2.10. The fourth-order valence-corrected chi connectivity index (χ4v) is 1.33. The molecule has 1 rings (SSSR count). The zero-order chi connectivity index (χ0) is 13.9. The van der Waals surface area contributed by atoms with E-state index in [9.17, 15) is 9.59 Å². The summed E-state index contributed by atoms with van der Waals surface area (Å²) in [5.74, 6) is -0.517. The molecule has 2 amide bonds. The summed E-state index contributed by atoms with van der Waals surface area (Å²) in [6.45, 7) is 1.48. The van der Waals surface area contributed by atoms with Gasteiger partial charge in [0, 0.05) is 19.6 Å². The van der Waals surface area contributed by atoms with Gasteiger partial charge < -0.3 is 21.1 Å². The molecule has 4 N–H and O–H groups in total. The molecule has 6 heteroatoms. The van der Waals surface area contributed by atoms with E-state index in [0.717, 1.165) is 5.75 Å². The van der Waals surface area contributed by atoms with Crippen LogP contribution in [-0.4, -0.2) is 38.1 Å².